The number of aryl methyl sites for hydroxylation is 1. The smallest absolute Gasteiger partial charge is 0.180 e. The molecular formula is C14H10N4. The Kier molecular flexibility index (Phi) is 1.73. The summed E-state index contributed by atoms with van der Waals surface area (Å²) >= 11 is 0. The fourth-order valence-electron chi connectivity index (χ4n) is 2.52. The van der Waals surface area contributed by atoms with Crippen molar-refractivity contribution in [3.05, 3.63) is 48.0 Å². The van der Waals surface area contributed by atoms with Gasteiger partial charge in [0.25, 0.3) is 0 Å². The maximum atomic E-state index is 4.09. The summed E-state index contributed by atoms with van der Waals surface area (Å²) in [5, 5.41) is 15.5. The van der Waals surface area contributed by atoms with Gasteiger partial charge in [-0.1, -0.05) is 36.4 Å². The van der Waals surface area contributed by atoms with Crippen LogP contribution >= 0.6 is 0 Å². The van der Waals surface area contributed by atoms with Crippen molar-refractivity contribution in [2.24, 2.45) is 0 Å². The molecule has 0 spiro atoms. The number of hydrogen-bond donors (Lipinski definition) is 0. The molecule has 0 saturated carbocycles. The Labute approximate surface area is 103 Å². The lowest BCUT2D eigenvalue weighted by molar-refractivity contribution is 0.843. The van der Waals surface area contributed by atoms with E-state index in [1.54, 1.807) is 0 Å². The lowest BCUT2D eigenvalue weighted by Gasteiger charge is -2.07. The highest BCUT2D eigenvalue weighted by atomic mass is 15.5. The topological polar surface area (TPSA) is 43.1 Å². The van der Waals surface area contributed by atoms with E-state index in [9.17, 15) is 0 Å². The number of benzene rings is 2. The lowest BCUT2D eigenvalue weighted by Crippen LogP contribution is -1.94. The highest BCUT2D eigenvalue weighted by Crippen LogP contribution is 2.27. The standard InChI is InChI=1S/C14H10N4/c1-9-8-13-15-16-17-18(13)14-11(9)7-6-10-4-2-3-5-12(10)14/h2-8H,1H3. The summed E-state index contributed by atoms with van der Waals surface area (Å²) in [4.78, 5) is 0. The van der Waals surface area contributed by atoms with Crippen molar-refractivity contribution < 1.29 is 0 Å². The van der Waals surface area contributed by atoms with E-state index in [4.69, 9.17) is 0 Å². The van der Waals surface area contributed by atoms with E-state index in [0.717, 1.165) is 11.2 Å². The Balaban J connectivity index is 2.42. The molecule has 0 radical (unpaired) electrons. The number of pyridine rings is 1. The first kappa shape index (κ1) is 9.53. The van der Waals surface area contributed by atoms with Crippen molar-refractivity contribution in [1.29, 1.82) is 0 Å². The quantitative estimate of drug-likeness (QED) is 0.439. The summed E-state index contributed by atoms with van der Waals surface area (Å²) in [5.41, 5.74) is 3.06. The Hall–Kier alpha value is -2.49. The number of tetrazole rings is 1. The number of nitrogens with zero attached hydrogens (tertiary/aromatic N) is 4. The second kappa shape index (κ2) is 3.26. The summed E-state index contributed by atoms with van der Waals surface area (Å²) in [7, 11) is 0. The van der Waals surface area contributed by atoms with Crippen molar-refractivity contribution in [3.63, 3.8) is 0 Å². The van der Waals surface area contributed by atoms with Gasteiger partial charge in [0.2, 0.25) is 0 Å². The minimum Gasteiger partial charge on any atom is -0.192 e. The summed E-state index contributed by atoms with van der Waals surface area (Å²) in [6.45, 7) is 2.09. The molecule has 4 aromatic rings. The van der Waals surface area contributed by atoms with Gasteiger partial charge in [0.1, 0.15) is 0 Å². The SMILES string of the molecule is Cc1cc2nnnn2c2c1ccc1ccccc12. The molecule has 4 heteroatoms. The molecule has 4 nitrogen and oxygen atoms in total. The number of rotatable bonds is 0. The monoisotopic (exact) mass is 234 g/mol. The molecule has 0 bridgehead atoms. The summed E-state index contributed by atoms with van der Waals surface area (Å²) in [6.07, 6.45) is 0. The van der Waals surface area contributed by atoms with Crippen LogP contribution in [0.2, 0.25) is 0 Å². The fourth-order valence-corrected chi connectivity index (χ4v) is 2.52. The normalized spacial score (nSPS) is 11.6. The average Bonchev–Trinajstić information content (AvgIpc) is 2.86. The summed E-state index contributed by atoms with van der Waals surface area (Å²) in [5.74, 6) is 0. The van der Waals surface area contributed by atoms with E-state index >= 15 is 0 Å². The van der Waals surface area contributed by atoms with Crippen LogP contribution in [0.5, 0.6) is 0 Å². The third-order valence-electron chi connectivity index (χ3n) is 3.38. The summed E-state index contributed by atoms with van der Waals surface area (Å²) in [6, 6.07) is 14.6. The van der Waals surface area contributed by atoms with Crippen LogP contribution in [0.4, 0.5) is 0 Å². The minimum atomic E-state index is 0.788. The van der Waals surface area contributed by atoms with E-state index in [-0.39, 0.29) is 0 Å². The van der Waals surface area contributed by atoms with E-state index in [2.05, 4.69) is 46.7 Å². The van der Waals surface area contributed by atoms with Crippen molar-refractivity contribution in [1.82, 2.24) is 20.0 Å². The van der Waals surface area contributed by atoms with Gasteiger partial charge in [-0.05, 0) is 34.4 Å². The molecule has 0 amide bonds. The molecule has 0 aliphatic carbocycles. The zero-order chi connectivity index (χ0) is 12.1. The molecule has 0 unspecified atom stereocenters. The van der Waals surface area contributed by atoms with Crippen LogP contribution in [-0.2, 0) is 0 Å². The molecule has 0 fully saturated rings. The third kappa shape index (κ3) is 1.12. The first-order chi connectivity index (χ1) is 8.84. The predicted octanol–water partition coefficient (Wildman–Crippen LogP) is 2.74. The summed E-state index contributed by atoms with van der Waals surface area (Å²) < 4.78 is 1.81. The van der Waals surface area contributed by atoms with Gasteiger partial charge in [-0.25, -0.2) is 0 Å². The van der Waals surface area contributed by atoms with Gasteiger partial charge in [-0.15, -0.1) is 5.10 Å². The average molecular weight is 234 g/mol. The van der Waals surface area contributed by atoms with Crippen molar-refractivity contribution in [3.8, 4) is 0 Å². The molecule has 86 valence electrons. The van der Waals surface area contributed by atoms with Crippen molar-refractivity contribution in [2.75, 3.05) is 0 Å². The predicted molar refractivity (Wildman–Crippen MR) is 70.5 cm³/mol. The number of fused-ring (bicyclic) bond motifs is 5. The molecule has 0 aliphatic rings. The van der Waals surface area contributed by atoms with Crippen molar-refractivity contribution in [2.45, 2.75) is 6.92 Å². The molecule has 0 saturated heterocycles. The Morgan fingerprint density at radius 2 is 1.89 bits per heavy atom. The van der Waals surface area contributed by atoms with Gasteiger partial charge < -0.3 is 0 Å². The second-order valence-electron chi connectivity index (χ2n) is 4.46. The van der Waals surface area contributed by atoms with Crippen LogP contribution in [0.15, 0.2) is 42.5 Å². The molecule has 0 N–H and O–H groups in total. The first-order valence-electron chi connectivity index (χ1n) is 5.84. The van der Waals surface area contributed by atoms with Gasteiger partial charge in [-0.3, -0.25) is 0 Å². The number of hydrogen-bond acceptors (Lipinski definition) is 3. The minimum absolute atomic E-state index is 0.788. The van der Waals surface area contributed by atoms with Gasteiger partial charge in [0.05, 0.1) is 5.52 Å². The third-order valence-corrected chi connectivity index (χ3v) is 3.38. The maximum absolute atomic E-state index is 4.09. The van der Waals surface area contributed by atoms with E-state index < -0.39 is 0 Å². The maximum Gasteiger partial charge on any atom is 0.180 e. The van der Waals surface area contributed by atoms with Crippen molar-refractivity contribution >= 4 is 27.3 Å². The zero-order valence-electron chi connectivity index (χ0n) is 9.83. The van der Waals surface area contributed by atoms with Gasteiger partial charge in [0, 0.05) is 10.8 Å². The molecular weight excluding hydrogens is 224 g/mol. The molecule has 4 rings (SSSR count). The van der Waals surface area contributed by atoms with E-state index in [0.29, 0.717) is 0 Å². The molecule has 2 aromatic heterocycles. The fraction of sp³-hybridized carbons (Fsp3) is 0.0714. The van der Waals surface area contributed by atoms with Crippen LogP contribution in [0, 0.1) is 6.92 Å². The number of aromatic nitrogens is 4. The van der Waals surface area contributed by atoms with Gasteiger partial charge in [-0.2, -0.15) is 4.52 Å². The van der Waals surface area contributed by atoms with Crippen LogP contribution < -0.4 is 0 Å². The Morgan fingerprint density at radius 1 is 1.00 bits per heavy atom. The molecule has 0 atom stereocenters. The largest absolute Gasteiger partial charge is 0.192 e. The van der Waals surface area contributed by atoms with Gasteiger partial charge >= 0.3 is 0 Å². The van der Waals surface area contributed by atoms with E-state index in [1.165, 1.54) is 21.7 Å². The zero-order valence-corrected chi connectivity index (χ0v) is 9.83. The molecule has 18 heavy (non-hydrogen) atoms. The van der Waals surface area contributed by atoms with Gasteiger partial charge in [0.15, 0.2) is 5.65 Å². The highest BCUT2D eigenvalue weighted by Gasteiger charge is 2.09. The van der Waals surface area contributed by atoms with E-state index in [1.807, 2.05) is 22.7 Å². The second-order valence-corrected chi connectivity index (χ2v) is 4.46. The Bertz CT molecular complexity index is 892. The Morgan fingerprint density at radius 3 is 2.83 bits per heavy atom. The highest BCUT2D eigenvalue weighted by molar-refractivity contribution is 6.07. The lowest BCUT2D eigenvalue weighted by atomic mass is 10.0. The molecule has 2 heterocycles. The van der Waals surface area contributed by atoms with Crippen LogP contribution in [0.25, 0.3) is 27.3 Å². The molecule has 0 aliphatic heterocycles. The first-order valence-corrected chi connectivity index (χ1v) is 5.84. The molecule has 2 aromatic carbocycles. The van der Waals surface area contributed by atoms with Crippen LogP contribution in [0.3, 0.4) is 0 Å². The van der Waals surface area contributed by atoms with Crippen LogP contribution in [-0.4, -0.2) is 20.0 Å². The van der Waals surface area contributed by atoms with Crippen LogP contribution in [0.1, 0.15) is 5.56 Å².